The number of carbonyl (C=O) groups excluding carboxylic acids is 1. The summed E-state index contributed by atoms with van der Waals surface area (Å²) in [5, 5.41) is 6.57. The molecule has 0 fully saturated rings. The zero-order chi connectivity index (χ0) is 7.28. The molecule has 0 spiro atoms. The van der Waals surface area contributed by atoms with Crippen molar-refractivity contribution in [3.63, 3.8) is 0 Å². The number of thioether (sulfide) groups is 1. The Morgan fingerprint density at radius 2 is 2.44 bits per heavy atom. The van der Waals surface area contributed by atoms with Crippen molar-refractivity contribution in [3.05, 3.63) is 11.5 Å². The summed E-state index contributed by atoms with van der Waals surface area (Å²) in [6, 6.07) is 0. The van der Waals surface area contributed by atoms with Crippen LogP contribution in [0.15, 0.2) is 11.5 Å². The summed E-state index contributed by atoms with van der Waals surface area (Å²) in [4.78, 5) is 10.7. The number of ether oxygens (including phenoxy) is 1. The summed E-state index contributed by atoms with van der Waals surface area (Å²) in [6.45, 7) is 3.35. The Balaban J connectivity index is 3.73. The molecule has 0 aliphatic rings. The molecule has 3 nitrogen and oxygen atoms in total. The van der Waals surface area contributed by atoms with E-state index in [2.05, 4.69) is 11.3 Å². The molecule has 0 aromatic carbocycles. The van der Waals surface area contributed by atoms with Gasteiger partial charge in [0.15, 0.2) is 0 Å². The van der Waals surface area contributed by atoms with Gasteiger partial charge in [0, 0.05) is 0 Å². The molecule has 0 aromatic rings. The second-order valence-corrected chi connectivity index (χ2v) is 2.11. The monoisotopic (exact) mass is 145 g/mol. The molecule has 0 atom stereocenters. The molecule has 0 aromatic heterocycles. The van der Waals surface area contributed by atoms with Gasteiger partial charge in [0.2, 0.25) is 0 Å². The van der Waals surface area contributed by atoms with Crippen LogP contribution in [0.25, 0.3) is 0 Å². The summed E-state index contributed by atoms with van der Waals surface area (Å²) in [5.74, 6) is -0.483. The average molecular weight is 145 g/mol. The van der Waals surface area contributed by atoms with E-state index in [1.807, 2.05) is 0 Å². The minimum atomic E-state index is -0.483. The summed E-state index contributed by atoms with van der Waals surface area (Å²) in [6.07, 6.45) is 0. The van der Waals surface area contributed by atoms with Gasteiger partial charge in [-0.1, -0.05) is 18.3 Å². The first kappa shape index (κ1) is 8.23. The van der Waals surface area contributed by atoms with Crippen molar-refractivity contribution in [2.45, 2.75) is 0 Å². The van der Waals surface area contributed by atoms with Crippen LogP contribution in [0.4, 0.5) is 0 Å². The Morgan fingerprint density at radius 3 is 2.78 bits per heavy atom. The summed E-state index contributed by atoms with van der Waals surface area (Å²) in [5.41, 5.74) is 1.03. The van der Waals surface area contributed by atoms with Crippen LogP contribution >= 0.6 is 11.8 Å². The molecule has 0 radical (unpaired) electrons. The molecule has 0 amide bonds. The second kappa shape index (κ2) is 4.14. The smallest absolute Gasteiger partial charge is 0.344 e. The van der Waals surface area contributed by atoms with E-state index < -0.39 is 5.97 Å². The van der Waals surface area contributed by atoms with Crippen LogP contribution in [0.2, 0.25) is 0 Å². The van der Waals surface area contributed by atoms with Crippen LogP contribution in [0, 0.1) is 5.41 Å². The maximum atomic E-state index is 10.5. The van der Waals surface area contributed by atoms with Crippen LogP contribution in [0.1, 0.15) is 0 Å². The average Bonchev–Trinajstić information content (AvgIpc) is 1.87. The van der Waals surface area contributed by atoms with E-state index in [-0.39, 0.29) is 4.91 Å². The van der Waals surface area contributed by atoms with Crippen LogP contribution in [-0.4, -0.2) is 18.6 Å². The van der Waals surface area contributed by atoms with E-state index in [1.54, 1.807) is 0 Å². The molecule has 0 saturated heterocycles. The maximum Gasteiger partial charge on any atom is 0.344 e. The van der Waals surface area contributed by atoms with Crippen LogP contribution in [-0.2, 0) is 9.53 Å². The molecular weight excluding hydrogens is 138 g/mol. The zero-order valence-electron chi connectivity index (χ0n) is 5.01. The molecule has 0 unspecified atom stereocenters. The highest BCUT2D eigenvalue weighted by Crippen LogP contribution is 2.09. The van der Waals surface area contributed by atoms with Crippen LogP contribution in [0.5, 0.6) is 0 Å². The number of hydrogen-bond acceptors (Lipinski definition) is 4. The van der Waals surface area contributed by atoms with Gasteiger partial charge >= 0.3 is 5.97 Å². The molecule has 4 heteroatoms. The lowest BCUT2D eigenvalue weighted by Gasteiger charge is -1.95. The normalized spacial score (nSPS) is 8.11. The first-order valence-corrected chi connectivity index (χ1v) is 3.03. The van der Waals surface area contributed by atoms with E-state index >= 15 is 0 Å². The van der Waals surface area contributed by atoms with E-state index in [4.69, 9.17) is 5.41 Å². The second-order valence-electron chi connectivity index (χ2n) is 1.15. The van der Waals surface area contributed by atoms with E-state index in [0.29, 0.717) is 0 Å². The number of methoxy groups -OCH3 is 1. The highest BCUT2D eigenvalue weighted by molar-refractivity contribution is 8.16. The van der Waals surface area contributed by atoms with Gasteiger partial charge < -0.3 is 10.1 Å². The third-order valence-corrected chi connectivity index (χ3v) is 1.18. The molecule has 0 bridgehead atoms. The fourth-order valence-corrected chi connectivity index (χ4v) is 0.555. The van der Waals surface area contributed by atoms with E-state index in [9.17, 15) is 4.79 Å². The van der Waals surface area contributed by atoms with Gasteiger partial charge in [-0.05, 0) is 0 Å². The van der Waals surface area contributed by atoms with Gasteiger partial charge in [-0.2, -0.15) is 0 Å². The predicted molar refractivity (Wildman–Crippen MR) is 37.5 cm³/mol. The fraction of sp³-hybridized carbons (Fsp3) is 0.200. The Morgan fingerprint density at radius 1 is 1.89 bits per heavy atom. The van der Waals surface area contributed by atoms with E-state index in [1.165, 1.54) is 7.11 Å². The Labute approximate surface area is 57.6 Å². The van der Waals surface area contributed by atoms with Gasteiger partial charge in [-0.25, -0.2) is 4.79 Å². The first-order chi connectivity index (χ1) is 4.22. The molecule has 0 heterocycles. The quantitative estimate of drug-likeness (QED) is 0.279. The topological polar surface area (TPSA) is 50.2 Å². The zero-order valence-corrected chi connectivity index (χ0v) is 5.83. The fourth-order valence-electron chi connectivity index (χ4n) is 0.233. The Hall–Kier alpha value is -0.770. The van der Waals surface area contributed by atoms with Crippen LogP contribution < -0.4 is 0 Å². The van der Waals surface area contributed by atoms with Crippen molar-refractivity contribution in [1.82, 2.24) is 0 Å². The summed E-state index contributed by atoms with van der Waals surface area (Å²) >= 11 is 0.937. The third-order valence-electron chi connectivity index (χ3n) is 0.614. The third kappa shape index (κ3) is 2.92. The summed E-state index contributed by atoms with van der Waals surface area (Å²) < 4.78 is 4.30. The molecular formula is C5H7NO2S. The number of rotatable bonds is 3. The molecule has 9 heavy (non-hydrogen) atoms. The highest BCUT2D eigenvalue weighted by atomic mass is 32.2. The minimum absolute atomic E-state index is 0.229. The van der Waals surface area contributed by atoms with Crippen molar-refractivity contribution in [3.8, 4) is 0 Å². The number of carbonyl (C=O) groups is 1. The maximum absolute atomic E-state index is 10.5. The number of hydrogen-bond donors (Lipinski definition) is 1. The molecule has 0 rings (SSSR count). The highest BCUT2D eigenvalue weighted by Gasteiger charge is 2.03. The number of nitrogens with one attached hydrogen (secondary N) is 1. The van der Waals surface area contributed by atoms with Crippen molar-refractivity contribution in [2.24, 2.45) is 0 Å². The van der Waals surface area contributed by atoms with Gasteiger partial charge in [0.05, 0.1) is 17.6 Å². The molecule has 0 aliphatic heterocycles. The SMILES string of the molecule is C=C(SC=N)C(=O)OC. The van der Waals surface area contributed by atoms with Crippen molar-refractivity contribution >= 4 is 23.3 Å². The largest absolute Gasteiger partial charge is 0.465 e. The Bertz CT molecular complexity index is 144. The first-order valence-electron chi connectivity index (χ1n) is 2.15. The van der Waals surface area contributed by atoms with Gasteiger partial charge in [-0.3, -0.25) is 0 Å². The van der Waals surface area contributed by atoms with Gasteiger partial charge in [-0.15, -0.1) is 0 Å². The molecule has 0 saturated carbocycles. The summed E-state index contributed by atoms with van der Waals surface area (Å²) in [7, 11) is 1.28. The number of esters is 1. The van der Waals surface area contributed by atoms with Crippen molar-refractivity contribution in [1.29, 1.82) is 5.41 Å². The van der Waals surface area contributed by atoms with Crippen molar-refractivity contribution in [2.75, 3.05) is 7.11 Å². The van der Waals surface area contributed by atoms with Crippen LogP contribution in [0.3, 0.4) is 0 Å². The standard InChI is InChI=1S/C5H7NO2S/c1-4(9-3-6)5(7)8-2/h3,6H,1H2,2H3. The lowest BCUT2D eigenvalue weighted by Crippen LogP contribution is -1.99. The lowest BCUT2D eigenvalue weighted by molar-refractivity contribution is -0.135. The van der Waals surface area contributed by atoms with Crippen molar-refractivity contribution < 1.29 is 9.53 Å². The molecule has 1 N–H and O–H groups in total. The van der Waals surface area contributed by atoms with E-state index in [0.717, 1.165) is 17.3 Å². The van der Waals surface area contributed by atoms with Gasteiger partial charge in [0.1, 0.15) is 0 Å². The van der Waals surface area contributed by atoms with Gasteiger partial charge in [0.25, 0.3) is 0 Å². The Kier molecular flexibility index (Phi) is 3.79. The predicted octanol–water partition coefficient (Wildman–Crippen LogP) is 1.01. The molecule has 0 aliphatic carbocycles. The minimum Gasteiger partial charge on any atom is -0.465 e. The lowest BCUT2D eigenvalue weighted by atomic mass is 10.6. The molecule has 50 valence electrons.